The summed E-state index contributed by atoms with van der Waals surface area (Å²) in [5.41, 5.74) is 4.31. The number of hydrazine groups is 1. The van der Waals surface area contributed by atoms with Gasteiger partial charge in [-0.25, -0.2) is 5.43 Å². The summed E-state index contributed by atoms with van der Waals surface area (Å²) in [6.07, 6.45) is -1.10. The molecule has 0 radical (unpaired) electrons. The number of carbonyl (C=O) groups excluding carboxylic acids is 1. The molecule has 0 bridgehead atoms. The number of hydrogen-bond donors (Lipinski definition) is 4. The standard InChI is InChI=1S/C5H10N2O4/c1-2-11-4-5(9,10)3(8)6-7-4/h4,7,9-10H,2H2,1H3,(H,6,8). The van der Waals surface area contributed by atoms with Crippen molar-refractivity contribution in [3.8, 4) is 0 Å². The average Bonchev–Trinajstić information content (AvgIpc) is 2.16. The van der Waals surface area contributed by atoms with Gasteiger partial charge in [-0.15, -0.1) is 0 Å². The van der Waals surface area contributed by atoms with E-state index in [1.165, 1.54) is 0 Å². The summed E-state index contributed by atoms with van der Waals surface area (Å²) in [4.78, 5) is 10.6. The summed E-state index contributed by atoms with van der Waals surface area (Å²) in [6, 6.07) is 0. The summed E-state index contributed by atoms with van der Waals surface area (Å²) in [7, 11) is 0. The predicted molar refractivity (Wildman–Crippen MR) is 33.9 cm³/mol. The Bertz CT molecular complexity index is 170. The monoisotopic (exact) mass is 162 g/mol. The lowest BCUT2D eigenvalue weighted by atomic mass is 10.2. The number of rotatable bonds is 2. The Morgan fingerprint density at radius 3 is 2.73 bits per heavy atom. The van der Waals surface area contributed by atoms with E-state index in [1.807, 2.05) is 5.43 Å². The molecule has 1 atom stereocenters. The molecule has 1 aliphatic rings. The Morgan fingerprint density at radius 2 is 2.36 bits per heavy atom. The van der Waals surface area contributed by atoms with Crippen LogP contribution in [0.1, 0.15) is 6.92 Å². The molecule has 0 spiro atoms. The van der Waals surface area contributed by atoms with E-state index in [-0.39, 0.29) is 6.61 Å². The fourth-order valence-electron chi connectivity index (χ4n) is 0.767. The van der Waals surface area contributed by atoms with E-state index in [4.69, 9.17) is 14.9 Å². The van der Waals surface area contributed by atoms with Crippen molar-refractivity contribution in [1.82, 2.24) is 10.9 Å². The maximum absolute atomic E-state index is 10.6. The Morgan fingerprint density at radius 1 is 1.73 bits per heavy atom. The molecule has 0 aliphatic carbocycles. The van der Waals surface area contributed by atoms with Crippen molar-refractivity contribution in [3.05, 3.63) is 0 Å². The molecule has 1 fully saturated rings. The molecule has 6 nitrogen and oxygen atoms in total. The molecule has 1 amide bonds. The van der Waals surface area contributed by atoms with Gasteiger partial charge >= 0.3 is 0 Å². The van der Waals surface area contributed by atoms with Crippen LogP contribution in [0, 0.1) is 0 Å². The Labute approximate surface area is 63.1 Å². The van der Waals surface area contributed by atoms with Crippen LogP contribution < -0.4 is 10.9 Å². The van der Waals surface area contributed by atoms with Crippen molar-refractivity contribution in [2.24, 2.45) is 0 Å². The molecule has 1 rings (SSSR count). The lowest BCUT2D eigenvalue weighted by Crippen LogP contribution is -2.48. The molecule has 11 heavy (non-hydrogen) atoms. The van der Waals surface area contributed by atoms with Crippen molar-refractivity contribution in [2.45, 2.75) is 18.9 Å². The molecule has 1 saturated heterocycles. The second kappa shape index (κ2) is 2.74. The van der Waals surface area contributed by atoms with Crippen LogP contribution >= 0.6 is 0 Å². The lowest BCUT2D eigenvalue weighted by molar-refractivity contribution is -0.219. The van der Waals surface area contributed by atoms with Gasteiger partial charge in [0.1, 0.15) is 0 Å². The molecule has 64 valence electrons. The van der Waals surface area contributed by atoms with Crippen molar-refractivity contribution in [2.75, 3.05) is 6.61 Å². The molecule has 1 unspecified atom stereocenters. The number of carbonyl (C=O) groups is 1. The van der Waals surface area contributed by atoms with Crippen LogP contribution in [0.3, 0.4) is 0 Å². The molecule has 1 aliphatic heterocycles. The van der Waals surface area contributed by atoms with Crippen molar-refractivity contribution < 1.29 is 19.7 Å². The summed E-state index contributed by atoms with van der Waals surface area (Å²) < 4.78 is 4.79. The van der Waals surface area contributed by atoms with Gasteiger partial charge in [-0.3, -0.25) is 10.2 Å². The van der Waals surface area contributed by atoms with Crippen LogP contribution in [0.25, 0.3) is 0 Å². The number of hydrogen-bond acceptors (Lipinski definition) is 5. The van der Waals surface area contributed by atoms with Gasteiger partial charge in [0.15, 0.2) is 6.23 Å². The highest BCUT2D eigenvalue weighted by Gasteiger charge is 2.48. The molecule has 0 aromatic carbocycles. The fourth-order valence-corrected chi connectivity index (χ4v) is 0.767. The molecule has 0 saturated carbocycles. The summed E-state index contributed by atoms with van der Waals surface area (Å²) in [5.74, 6) is -3.37. The Hall–Kier alpha value is -0.690. The average molecular weight is 162 g/mol. The third-order valence-corrected chi connectivity index (χ3v) is 1.35. The first kappa shape index (κ1) is 8.41. The zero-order chi connectivity index (χ0) is 8.48. The lowest BCUT2D eigenvalue weighted by Gasteiger charge is -2.18. The molecule has 4 N–H and O–H groups in total. The summed E-state index contributed by atoms with van der Waals surface area (Å²) in [6.45, 7) is 1.97. The minimum Gasteiger partial charge on any atom is -0.356 e. The molecular weight excluding hydrogens is 152 g/mol. The van der Waals surface area contributed by atoms with Crippen LogP contribution in [-0.2, 0) is 9.53 Å². The van der Waals surface area contributed by atoms with Crippen LogP contribution in [0.5, 0.6) is 0 Å². The summed E-state index contributed by atoms with van der Waals surface area (Å²) >= 11 is 0. The SMILES string of the molecule is CCOC1NNC(=O)C1(O)O. The van der Waals surface area contributed by atoms with Gasteiger partial charge in [0.05, 0.1) is 0 Å². The topological polar surface area (TPSA) is 90.8 Å². The van der Waals surface area contributed by atoms with Crippen molar-refractivity contribution in [1.29, 1.82) is 0 Å². The van der Waals surface area contributed by atoms with Gasteiger partial charge in [0, 0.05) is 6.61 Å². The van der Waals surface area contributed by atoms with Crippen LogP contribution in [-0.4, -0.2) is 34.7 Å². The Kier molecular flexibility index (Phi) is 2.10. The highest BCUT2D eigenvalue weighted by atomic mass is 16.6. The van der Waals surface area contributed by atoms with E-state index in [1.54, 1.807) is 6.92 Å². The van der Waals surface area contributed by atoms with Gasteiger partial charge in [-0.1, -0.05) is 0 Å². The molecule has 6 heteroatoms. The minimum atomic E-state index is -2.46. The smallest absolute Gasteiger partial charge is 0.298 e. The van der Waals surface area contributed by atoms with Gasteiger partial charge in [-0.2, -0.15) is 0 Å². The van der Waals surface area contributed by atoms with E-state index in [0.29, 0.717) is 0 Å². The summed E-state index contributed by atoms with van der Waals surface area (Å²) in [5, 5.41) is 18.0. The quantitative estimate of drug-likeness (QED) is 0.342. The van der Waals surface area contributed by atoms with E-state index in [9.17, 15) is 4.79 Å². The van der Waals surface area contributed by atoms with Gasteiger partial charge in [0.2, 0.25) is 0 Å². The highest BCUT2D eigenvalue weighted by molar-refractivity contribution is 5.85. The number of nitrogens with one attached hydrogen (secondary N) is 2. The maximum atomic E-state index is 10.6. The highest BCUT2D eigenvalue weighted by Crippen LogP contribution is 2.11. The zero-order valence-electron chi connectivity index (χ0n) is 6.00. The number of aliphatic hydroxyl groups is 2. The van der Waals surface area contributed by atoms with Gasteiger partial charge in [-0.05, 0) is 6.92 Å². The predicted octanol–water partition coefficient (Wildman–Crippen LogP) is -2.34. The first-order chi connectivity index (χ1) is 5.09. The fraction of sp³-hybridized carbons (Fsp3) is 0.800. The second-order valence-corrected chi connectivity index (χ2v) is 2.16. The van der Waals surface area contributed by atoms with E-state index in [2.05, 4.69) is 5.43 Å². The molecule has 0 aromatic heterocycles. The third kappa shape index (κ3) is 1.33. The first-order valence-electron chi connectivity index (χ1n) is 3.21. The third-order valence-electron chi connectivity index (χ3n) is 1.35. The minimum absolute atomic E-state index is 0.287. The van der Waals surface area contributed by atoms with Gasteiger partial charge < -0.3 is 14.9 Å². The number of ether oxygens (including phenoxy) is 1. The molecular formula is C5H10N2O4. The first-order valence-corrected chi connectivity index (χ1v) is 3.21. The molecule has 1 heterocycles. The van der Waals surface area contributed by atoms with Crippen molar-refractivity contribution in [3.63, 3.8) is 0 Å². The maximum Gasteiger partial charge on any atom is 0.298 e. The van der Waals surface area contributed by atoms with Gasteiger partial charge in [0.25, 0.3) is 11.7 Å². The number of amides is 1. The normalized spacial score (nSPS) is 28.6. The van der Waals surface area contributed by atoms with Crippen LogP contribution in [0.15, 0.2) is 0 Å². The van der Waals surface area contributed by atoms with Crippen LogP contribution in [0.4, 0.5) is 0 Å². The van der Waals surface area contributed by atoms with E-state index >= 15 is 0 Å². The molecule has 0 aromatic rings. The zero-order valence-corrected chi connectivity index (χ0v) is 6.00. The second-order valence-electron chi connectivity index (χ2n) is 2.16. The Balaban J connectivity index is 2.62. The largest absolute Gasteiger partial charge is 0.356 e. The van der Waals surface area contributed by atoms with Crippen LogP contribution in [0.2, 0.25) is 0 Å². The van der Waals surface area contributed by atoms with E-state index in [0.717, 1.165) is 0 Å². The van der Waals surface area contributed by atoms with Crippen molar-refractivity contribution >= 4 is 5.91 Å². The van der Waals surface area contributed by atoms with E-state index < -0.39 is 17.9 Å².